The molecule has 2 aromatic carbocycles. The quantitative estimate of drug-likeness (QED) is 0.522. The van der Waals surface area contributed by atoms with Crippen molar-refractivity contribution in [2.24, 2.45) is 0 Å². The van der Waals surface area contributed by atoms with Crippen molar-refractivity contribution in [1.29, 1.82) is 0 Å². The van der Waals surface area contributed by atoms with Crippen molar-refractivity contribution in [2.75, 3.05) is 6.54 Å². The first-order chi connectivity index (χ1) is 14.6. The number of Topliss-reactive ketones (excluding diaryl/α,β-unsaturated/α-hetero) is 1. The molecule has 0 aromatic heterocycles. The Kier molecular flexibility index (Phi) is 9.28. The molecule has 0 saturated heterocycles. The van der Waals surface area contributed by atoms with Crippen LogP contribution >= 0.6 is 11.6 Å². The van der Waals surface area contributed by atoms with Crippen LogP contribution in [0.1, 0.15) is 44.7 Å². The molecule has 2 rings (SSSR count). The van der Waals surface area contributed by atoms with Gasteiger partial charge in [0.15, 0.2) is 5.78 Å². The third-order valence-electron chi connectivity index (χ3n) is 4.37. The molecule has 0 saturated carbocycles. The van der Waals surface area contributed by atoms with Gasteiger partial charge in [-0.05, 0) is 56.5 Å². The fraction of sp³-hybridized carbons (Fsp3) is 0.360. The van der Waals surface area contributed by atoms with Crippen molar-refractivity contribution >= 4 is 29.6 Å². The molecule has 1 atom stereocenters. The van der Waals surface area contributed by atoms with Crippen LogP contribution in [0.4, 0.5) is 4.79 Å². The van der Waals surface area contributed by atoms with Gasteiger partial charge in [-0.1, -0.05) is 54.1 Å². The third-order valence-corrected chi connectivity index (χ3v) is 4.63. The van der Waals surface area contributed by atoms with Gasteiger partial charge in [0.25, 0.3) is 0 Å². The largest absolute Gasteiger partial charge is 0.444 e. The number of halogens is 1. The van der Waals surface area contributed by atoms with E-state index in [0.717, 1.165) is 11.1 Å². The molecule has 5 nitrogen and oxygen atoms in total. The first-order valence-corrected chi connectivity index (χ1v) is 10.7. The van der Waals surface area contributed by atoms with Crippen LogP contribution in [0.5, 0.6) is 0 Å². The molecule has 0 fully saturated rings. The fourth-order valence-corrected chi connectivity index (χ4v) is 3.03. The molecule has 166 valence electrons. The van der Waals surface area contributed by atoms with Crippen LogP contribution in [0.3, 0.4) is 0 Å². The number of ketones is 1. The number of rotatable bonds is 9. The van der Waals surface area contributed by atoms with Crippen molar-refractivity contribution in [3.05, 3.63) is 76.3 Å². The number of allylic oxidation sites excluding steroid dienone is 1. The second kappa shape index (κ2) is 11.7. The lowest BCUT2D eigenvalue weighted by molar-refractivity contribution is -0.117. The normalized spacial score (nSPS) is 12.9. The Labute approximate surface area is 189 Å². The van der Waals surface area contributed by atoms with Gasteiger partial charge in [-0.2, -0.15) is 0 Å². The summed E-state index contributed by atoms with van der Waals surface area (Å²) >= 11 is 5.96. The zero-order valence-corrected chi connectivity index (χ0v) is 19.0. The number of carbonyl (C=O) groups excluding carboxylic acids is 2. The predicted molar refractivity (Wildman–Crippen MR) is 124 cm³/mol. The summed E-state index contributed by atoms with van der Waals surface area (Å²) in [5, 5.41) is 13.5. The summed E-state index contributed by atoms with van der Waals surface area (Å²) in [6.07, 6.45) is 1.11. The highest BCUT2D eigenvalue weighted by atomic mass is 35.5. The highest BCUT2D eigenvalue weighted by Gasteiger charge is 2.18. The number of alkyl carbamates (subject to hydrolysis) is 1. The van der Waals surface area contributed by atoms with E-state index in [-0.39, 0.29) is 25.2 Å². The van der Waals surface area contributed by atoms with E-state index in [0.29, 0.717) is 17.0 Å². The molecule has 31 heavy (non-hydrogen) atoms. The van der Waals surface area contributed by atoms with Crippen molar-refractivity contribution in [2.45, 2.75) is 51.7 Å². The molecule has 0 aliphatic rings. The number of ether oxygens (including phenoxy) is 1. The molecule has 0 aliphatic heterocycles. The SMILES string of the molecule is CC(C)(C)OC(=O)NCCC(O)CC(=O)/C(=C/c1ccc(Cl)cc1)Cc1ccccc1. The number of benzene rings is 2. The number of amides is 1. The highest BCUT2D eigenvalue weighted by molar-refractivity contribution is 6.30. The van der Waals surface area contributed by atoms with E-state index >= 15 is 0 Å². The molecule has 1 unspecified atom stereocenters. The van der Waals surface area contributed by atoms with Crippen LogP contribution in [0, 0.1) is 0 Å². The molecular weight excluding hydrogens is 414 g/mol. The van der Waals surface area contributed by atoms with Crippen LogP contribution in [-0.4, -0.2) is 35.2 Å². The summed E-state index contributed by atoms with van der Waals surface area (Å²) in [5.41, 5.74) is 1.90. The Morgan fingerprint density at radius 2 is 1.74 bits per heavy atom. The summed E-state index contributed by atoms with van der Waals surface area (Å²) in [6, 6.07) is 16.9. The maximum atomic E-state index is 12.9. The average Bonchev–Trinajstić information content (AvgIpc) is 2.68. The Hall–Kier alpha value is -2.63. The van der Waals surface area contributed by atoms with Gasteiger partial charge in [-0.3, -0.25) is 4.79 Å². The number of nitrogens with one attached hydrogen (secondary N) is 1. The van der Waals surface area contributed by atoms with Gasteiger partial charge in [-0.25, -0.2) is 4.79 Å². The van der Waals surface area contributed by atoms with Gasteiger partial charge in [0.2, 0.25) is 0 Å². The summed E-state index contributed by atoms with van der Waals surface area (Å²) in [6.45, 7) is 5.56. The standard InChI is InChI=1S/C25H30ClNO4/c1-25(2,3)31-24(30)27-14-13-22(28)17-23(29)20(15-18-7-5-4-6-8-18)16-19-9-11-21(26)12-10-19/h4-12,16,22,28H,13-15,17H2,1-3H3,(H,27,30)/b20-16+. The van der Waals surface area contributed by atoms with E-state index in [1.165, 1.54) is 0 Å². The summed E-state index contributed by atoms with van der Waals surface area (Å²) in [7, 11) is 0. The Bertz CT molecular complexity index is 886. The molecule has 1 amide bonds. The Morgan fingerprint density at radius 3 is 2.35 bits per heavy atom. The van der Waals surface area contributed by atoms with Gasteiger partial charge in [0, 0.05) is 30.0 Å². The summed E-state index contributed by atoms with van der Waals surface area (Å²) in [4.78, 5) is 24.6. The number of carbonyl (C=O) groups is 2. The molecule has 0 bridgehead atoms. The van der Waals surface area contributed by atoms with E-state index in [1.807, 2.05) is 48.5 Å². The second-order valence-electron chi connectivity index (χ2n) is 8.38. The summed E-state index contributed by atoms with van der Waals surface area (Å²) in [5.74, 6) is -0.136. The van der Waals surface area contributed by atoms with Crippen LogP contribution < -0.4 is 5.32 Å². The lowest BCUT2D eigenvalue weighted by atomic mass is 9.95. The van der Waals surface area contributed by atoms with Gasteiger partial charge >= 0.3 is 6.09 Å². The molecule has 2 N–H and O–H groups in total. The molecule has 0 spiro atoms. The zero-order valence-electron chi connectivity index (χ0n) is 18.2. The zero-order chi connectivity index (χ0) is 22.9. The van der Waals surface area contributed by atoms with Crippen LogP contribution in [0.25, 0.3) is 6.08 Å². The molecule has 2 aromatic rings. The lowest BCUT2D eigenvalue weighted by Crippen LogP contribution is -2.34. The minimum atomic E-state index is -0.869. The minimum Gasteiger partial charge on any atom is -0.444 e. The third kappa shape index (κ3) is 9.81. The lowest BCUT2D eigenvalue weighted by Gasteiger charge is -2.20. The van der Waals surface area contributed by atoms with E-state index in [2.05, 4.69) is 5.32 Å². The van der Waals surface area contributed by atoms with E-state index in [9.17, 15) is 14.7 Å². The topological polar surface area (TPSA) is 75.6 Å². The van der Waals surface area contributed by atoms with Crippen LogP contribution in [-0.2, 0) is 16.0 Å². The van der Waals surface area contributed by atoms with Gasteiger partial charge in [-0.15, -0.1) is 0 Å². The number of aliphatic hydroxyl groups excluding tert-OH is 1. The Morgan fingerprint density at radius 1 is 1.10 bits per heavy atom. The van der Waals surface area contributed by atoms with Gasteiger partial charge in [0.05, 0.1) is 6.10 Å². The maximum absolute atomic E-state index is 12.9. The van der Waals surface area contributed by atoms with Gasteiger partial charge in [0.1, 0.15) is 5.60 Å². The molecule has 0 aliphatic carbocycles. The first kappa shape index (κ1) is 24.6. The predicted octanol–water partition coefficient (Wildman–Crippen LogP) is 5.20. The monoisotopic (exact) mass is 443 g/mol. The molecule has 0 heterocycles. The van der Waals surface area contributed by atoms with Crippen molar-refractivity contribution in [1.82, 2.24) is 5.32 Å². The van der Waals surface area contributed by atoms with E-state index < -0.39 is 17.8 Å². The van der Waals surface area contributed by atoms with E-state index in [4.69, 9.17) is 16.3 Å². The highest BCUT2D eigenvalue weighted by Crippen LogP contribution is 2.18. The van der Waals surface area contributed by atoms with Crippen LogP contribution in [0.2, 0.25) is 5.02 Å². The molecular formula is C25H30ClNO4. The fourth-order valence-electron chi connectivity index (χ4n) is 2.91. The maximum Gasteiger partial charge on any atom is 0.407 e. The van der Waals surface area contributed by atoms with Crippen molar-refractivity contribution in [3.63, 3.8) is 0 Å². The molecule has 0 radical (unpaired) electrons. The van der Waals surface area contributed by atoms with Crippen molar-refractivity contribution < 1.29 is 19.4 Å². The number of hydrogen-bond donors (Lipinski definition) is 2. The number of aliphatic hydroxyl groups is 1. The second-order valence-corrected chi connectivity index (χ2v) is 8.82. The summed E-state index contributed by atoms with van der Waals surface area (Å²) < 4.78 is 5.16. The van der Waals surface area contributed by atoms with E-state index in [1.54, 1.807) is 32.9 Å². The average molecular weight is 444 g/mol. The first-order valence-electron chi connectivity index (χ1n) is 10.3. The van der Waals surface area contributed by atoms with Crippen LogP contribution in [0.15, 0.2) is 60.2 Å². The molecule has 6 heteroatoms. The number of hydrogen-bond acceptors (Lipinski definition) is 4. The van der Waals surface area contributed by atoms with Crippen molar-refractivity contribution in [3.8, 4) is 0 Å². The minimum absolute atomic E-state index is 0.0255. The smallest absolute Gasteiger partial charge is 0.407 e. The van der Waals surface area contributed by atoms with Gasteiger partial charge < -0.3 is 15.2 Å². The Balaban J connectivity index is 2.00.